The van der Waals surface area contributed by atoms with Gasteiger partial charge in [-0.25, -0.2) is 4.98 Å². The predicted octanol–water partition coefficient (Wildman–Crippen LogP) is 5.17. The van der Waals surface area contributed by atoms with Crippen molar-refractivity contribution in [2.75, 3.05) is 18.5 Å². The minimum atomic E-state index is -0.122. The molecule has 1 aromatic heterocycles. The van der Waals surface area contributed by atoms with Crippen LogP contribution in [0.3, 0.4) is 0 Å². The van der Waals surface area contributed by atoms with E-state index in [1.54, 1.807) is 24.3 Å². The van der Waals surface area contributed by atoms with Crippen LogP contribution in [-0.4, -0.2) is 35.2 Å². The van der Waals surface area contributed by atoms with E-state index in [1.165, 1.54) is 11.3 Å². The van der Waals surface area contributed by atoms with Crippen molar-refractivity contribution in [1.82, 2.24) is 10.5 Å². The van der Waals surface area contributed by atoms with Gasteiger partial charge in [0, 0.05) is 16.0 Å². The summed E-state index contributed by atoms with van der Waals surface area (Å²) in [6, 6.07) is 14.9. The SMILES string of the molecule is CC(C)c1sc(NC(=N)N)nc1-c1ccc(OCCCCCOc2ccc(C(=N)NO)cc2)cc1. The van der Waals surface area contributed by atoms with Crippen molar-refractivity contribution in [3.63, 3.8) is 0 Å². The number of rotatable bonds is 12. The number of aromatic nitrogens is 1. The molecule has 9 nitrogen and oxygen atoms in total. The fraction of sp³-hybridized carbons (Fsp3) is 0.320. The van der Waals surface area contributed by atoms with Gasteiger partial charge < -0.3 is 20.5 Å². The number of thiazole rings is 1. The van der Waals surface area contributed by atoms with Crippen molar-refractivity contribution < 1.29 is 14.7 Å². The highest BCUT2D eigenvalue weighted by molar-refractivity contribution is 7.16. The number of hydroxylamine groups is 1. The first-order chi connectivity index (χ1) is 16.9. The van der Waals surface area contributed by atoms with Gasteiger partial charge in [-0.15, -0.1) is 11.3 Å². The van der Waals surface area contributed by atoms with Gasteiger partial charge >= 0.3 is 0 Å². The van der Waals surface area contributed by atoms with Gasteiger partial charge in [0.1, 0.15) is 17.3 Å². The standard InChI is InChI=1S/C25H32N6O3S/c1-16(2)22-21(29-25(35-22)30-24(27)28)17-6-10-19(11-7-17)33-14-4-3-5-15-34-20-12-8-18(9-13-20)23(26)31-32/h6-13,16,32H,3-5,14-15H2,1-2H3,(H2,26,31)(H4,27,28,29,30). The first-order valence-electron chi connectivity index (χ1n) is 11.4. The number of anilines is 1. The summed E-state index contributed by atoms with van der Waals surface area (Å²) in [5.41, 5.74) is 9.77. The topological polar surface area (TPSA) is 149 Å². The van der Waals surface area contributed by atoms with Gasteiger partial charge in [-0.3, -0.25) is 21.5 Å². The normalized spacial score (nSPS) is 10.7. The van der Waals surface area contributed by atoms with E-state index in [0.717, 1.165) is 46.9 Å². The van der Waals surface area contributed by atoms with Crippen molar-refractivity contribution in [2.24, 2.45) is 5.73 Å². The van der Waals surface area contributed by atoms with Crippen LogP contribution in [0.1, 0.15) is 49.5 Å². The molecule has 2 aromatic carbocycles. The number of hydrogen-bond acceptors (Lipinski definition) is 7. The zero-order valence-electron chi connectivity index (χ0n) is 19.9. The molecule has 35 heavy (non-hydrogen) atoms. The Labute approximate surface area is 209 Å². The maximum absolute atomic E-state index is 8.76. The molecule has 1 heterocycles. The number of nitrogens with one attached hydrogen (secondary N) is 4. The molecule has 186 valence electrons. The summed E-state index contributed by atoms with van der Waals surface area (Å²) in [6.45, 7) is 5.48. The minimum absolute atomic E-state index is 0.0502. The molecule has 0 amide bonds. The first kappa shape index (κ1) is 26.0. The molecule has 0 saturated heterocycles. The van der Waals surface area contributed by atoms with Crippen molar-refractivity contribution in [3.05, 3.63) is 59.0 Å². The number of nitrogens with two attached hydrogens (primary N) is 1. The zero-order valence-corrected chi connectivity index (χ0v) is 20.7. The molecular formula is C25H32N6O3S. The Balaban J connectivity index is 1.40. The van der Waals surface area contributed by atoms with E-state index >= 15 is 0 Å². The molecule has 0 saturated carbocycles. The van der Waals surface area contributed by atoms with Gasteiger partial charge in [0.05, 0.1) is 18.9 Å². The molecule has 0 spiro atoms. The maximum Gasteiger partial charge on any atom is 0.192 e. The lowest BCUT2D eigenvalue weighted by Crippen LogP contribution is -2.20. The van der Waals surface area contributed by atoms with Crippen LogP contribution in [0.15, 0.2) is 48.5 Å². The van der Waals surface area contributed by atoms with Crippen molar-refractivity contribution in [1.29, 1.82) is 10.8 Å². The van der Waals surface area contributed by atoms with Crippen LogP contribution in [0.4, 0.5) is 5.13 Å². The Bertz CT molecular complexity index is 1110. The van der Waals surface area contributed by atoms with E-state index in [4.69, 9.17) is 31.2 Å². The molecule has 10 heteroatoms. The summed E-state index contributed by atoms with van der Waals surface area (Å²) in [4.78, 5) is 5.77. The summed E-state index contributed by atoms with van der Waals surface area (Å²) in [5.74, 6) is 1.69. The number of hydrogen-bond donors (Lipinski definition) is 6. The summed E-state index contributed by atoms with van der Waals surface area (Å²) < 4.78 is 11.6. The zero-order chi connectivity index (χ0) is 25.2. The molecule has 0 atom stereocenters. The van der Waals surface area contributed by atoms with E-state index in [-0.39, 0.29) is 11.8 Å². The highest BCUT2D eigenvalue weighted by Gasteiger charge is 2.16. The summed E-state index contributed by atoms with van der Waals surface area (Å²) >= 11 is 1.51. The van der Waals surface area contributed by atoms with E-state index in [0.29, 0.717) is 29.8 Å². The third kappa shape index (κ3) is 7.69. The second-order valence-corrected chi connectivity index (χ2v) is 9.25. The van der Waals surface area contributed by atoms with Gasteiger partial charge in [0.2, 0.25) is 0 Å². The lowest BCUT2D eigenvalue weighted by atomic mass is 10.1. The third-order valence-corrected chi connectivity index (χ3v) is 6.40. The molecule has 3 aromatic rings. The molecule has 0 unspecified atom stereocenters. The maximum atomic E-state index is 8.76. The monoisotopic (exact) mass is 496 g/mol. The predicted molar refractivity (Wildman–Crippen MR) is 140 cm³/mol. The number of nitrogens with zero attached hydrogens (tertiary/aromatic N) is 1. The third-order valence-electron chi connectivity index (χ3n) is 5.13. The average Bonchev–Trinajstić information content (AvgIpc) is 3.27. The van der Waals surface area contributed by atoms with Crippen LogP contribution in [0.5, 0.6) is 11.5 Å². The molecule has 0 fully saturated rings. The van der Waals surface area contributed by atoms with Crippen LogP contribution < -0.4 is 26.0 Å². The Morgan fingerprint density at radius 2 is 1.54 bits per heavy atom. The average molecular weight is 497 g/mol. The number of unbranched alkanes of at least 4 members (excludes halogenated alkanes) is 2. The summed E-state index contributed by atoms with van der Waals surface area (Å²) in [5, 5.41) is 27.1. The van der Waals surface area contributed by atoms with Crippen LogP contribution in [0.2, 0.25) is 0 Å². The lowest BCUT2D eigenvalue weighted by Gasteiger charge is -2.09. The van der Waals surface area contributed by atoms with Gasteiger partial charge in [0.15, 0.2) is 11.1 Å². The highest BCUT2D eigenvalue weighted by atomic mass is 32.1. The number of ether oxygens (including phenoxy) is 2. The van der Waals surface area contributed by atoms with Gasteiger partial charge in [-0.1, -0.05) is 13.8 Å². The molecular weight excluding hydrogens is 464 g/mol. The molecule has 0 bridgehead atoms. The van der Waals surface area contributed by atoms with Crippen LogP contribution in [-0.2, 0) is 0 Å². The number of benzene rings is 2. The smallest absolute Gasteiger partial charge is 0.192 e. The van der Waals surface area contributed by atoms with Crippen LogP contribution >= 0.6 is 11.3 Å². The molecule has 0 aliphatic heterocycles. The quantitative estimate of drug-likeness (QED) is 0.0876. The molecule has 7 N–H and O–H groups in total. The Kier molecular flexibility index (Phi) is 9.45. The van der Waals surface area contributed by atoms with E-state index in [2.05, 4.69) is 24.1 Å². The molecule has 0 aliphatic rings. The summed E-state index contributed by atoms with van der Waals surface area (Å²) in [7, 11) is 0. The van der Waals surface area contributed by atoms with E-state index < -0.39 is 0 Å². The van der Waals surface area contributed by atoms with Crippen molar-refractivity contribution in [2.45, 2.75) is 39.0 Å². The first-order valence-corrected chi connectivity index (χ1v) is 12.3. The van der Waals surface area contributed by atoms with Gasteiger partial charge in [-0.05, 0) is 73.7 Å². The largest absolute Gasteiger partial charge is 0.494 e. The Hall–Kier alpha value is -3.63. The Morgan fingerprint density at radius 3 is 2.06 bits per heavy atom. The van der Waals surface area contributed by atoms with Gasteiger partial charge in [-0.2, -0.15) is 0 Å². The second-order valence-electron chi connectivity index (χ2n) is 8.22. The van der Waals surface area contributed by atoms with Crippen LogP contribution in [0, 0.1) is 10.8 Å². The molecule has 3 rings (SSSR count). The van der Waals surface area contributed by atoms with E-state index in [1.807, 2.05) is 29.7 Å². The summed E-state index contributed by atoms with van der Waals surface area (Å²) in [6.07, 6.45) is 2.82. The highest BCUT2D eigenvalue weighted by Crippen LogP contribution is 2.36. The minimum Gasteiger partial charge on any atom is -0.494 e. The lowest BCUT2D eigenvalue weighted by molar-refractivity contribution is 0.234. The molecule has 0 aliphatic carbocycles. The van der Waals surface area contributed by atoms with Crippen LogP contribution in [0.25, 0.3) is 11.3 Å². The van der Waals surface area contributed by atoms with E-state index in [9.17, 15) is 0 Å². The van der Waals surface area contributed by atoms with Crippen molar-refractivity contribution in [3.8, 4) is 22.8 Å². The molecule has 0 radical (unpaired) electrons. The Morgan fingerprint density at radius 1 is 0.971 bits per heavy atom. The number of guanidine groups is 1. The fourth-order valence-electron chi connectivity index (χ4n) is 3.35. The van der Waals surface area contributed by atoms with Gasteiger partial charge in [0.25, 0.3) is 0 Å². The number of amidine groups is 1. The fourth-order valence-corrected chi connectivity index (χ4v) is 4.35. The second kappa shape index (κ2) is 12.7. The van der Waals surface area contributed by atoms with Crippen molar-refractivity contribution >= 4 is 28.3 Å².